The van der Waals surface area contributed by atoms with E-state index in [0.717, 1.165) is 0 Å². The summed E-state index contributed by atoms with van der Waals surface area (Å²) in [5.74, 6) is -0.564. The number of nitrogens with zero attached hydrogens (tertiary/aromatic N) is 1. The van der Waals surface area contributed by atoms with Gasteiger partial charge in [0.15, 0.2) is 5.76 Å². The van der Waals surface area contributed by atoms with Crippen LogP contribution in [0.2, 0.25) is 10.0 Å². The molecule has 1 aliphatic heterocycles. The van der Waals surface area contributed by atoms with Crippen molar-refractivity contribution in [1.82, 2.24) is 15.8 Å². The summed E-state index contributed by atoms with van der Waals surface area (Å²) in [6.07, 6.45) is 3.38. The molecule has 1 aromatic carbocycles. The average Bonchev–Trinajstić information content (AvgIpc) is 3.30. The Bertz CT molecular complexity index is 920. The van der Waals surface area contributed by atoms with E-state index in [9.17, 15) is 14.4 Å². The van der Waals surface area contributed by atoms with Crippen LogP contribution in [0.4, 0.5) is 0 Å². The number of benzene rings is 1. The Morgan fingerprint density at radius 3 is 2.77 bits per heavy atom. The smallest absolute Gasteiger partial charge is 0.289 e. The van der Waals surface area contributed by atoms with Crippen LogP contribution in [0.25, 0.3) is 0 Å². The van der Waals surface area contributed by atoms with E-state index in [4.69, 9.17) is 32.4 Å². The molecule has 1 fully saturated rings. The fraction of sp³-hybridized carbons (Fsp3) is 0.381. The molecule has 1 saturated heterocycles. The number of hydrogen-bond donors (Lipinski definition) is 2. The Kier molecular flexibility index (Phi) is 8.20. The minimum absolute atomic E-state index is 0.166. The molecule has 1 aliphatic rings. The van der Waals surface area contributed by atoms with E-state index in [1.54, 1.807) is 35.2 Å². The average molecular weight is 468 g/mol. The summed E-state index contributed by atoms with van der Waals surface area (Å²) in [7, 11) is 0. The van der Waals surface area contributed by atoms with Crippen LogP contribution in [0.15, 0.2) is 41.0 Å². The van der Waals surface area contributed by atoms with Crippen molar-refractivity contribution in [3.63, 3.8) is 0 Å². The van der Waals surface area contributed by atoms with Crippen molar-refractivity contribution < 1.29 is 23.5 Å². The van der Waals surface area contributed by atoms with Gasteiger partial charge in [-0.05, 0) is 49.6 Å². The third-order valence-corrected chi connectivity index (χ3v) is 5.37. The van der Waals surface area contributed by atoms with Crippen LogP contribution in [0, 0.1) is 5.92 Å². The molecule has 1 atom stereocenters. The van der Waals surface area contributed by atoms with Gasteiger partial charge < -0.3 is 14.1 Å². The van der Waals surface area contributed by atoms with Gasteiger partial charge in [0.1, 0.15) is 5.75 Å². The first-order valence-electron chi connectivity index (χ1n) is 9.93. The number of carbonyl (C=O) groups excluding carboxylic acids is 3. The van der Waals surface area contributed by atoms with Crippen molar-refractivity contribution in [2.24, 2.45) is 5.92 Å². The third-order valence-electron chi connectivity index (χ3n) is 4.84. The van der Waals surface area contributed by atoms with Gasteiger partial charge in [0, 0.05) is 24.5 Å². The molecule has 10 heteroatoms. The van der Waals surface area contributed by atoms with Gasteiger partial charge in [0.25, 0.3) is 5.91 Å². The molecular formula is C21H23Cl2N3O5. The van der Waals surface area contributed by atoms with Gasteiger partial charge in [-0.25, -0.2) is 0 Å². The zero-order valence-electron chi connectivity index (χ0n) is 16.7. The van der Waals surface area contributed by atoms with E-state index >= 15 is 0 Å². The Morgan fingerprint density at radius 1 is 1.19 bits per heavy atom. The summed E-state index contributed by atoms with van der Waals surface area (Å²) in [6.45, 7) is 1.12. The fourth-order valence-electron chi connectivity index (χ4n) is 3.23. The summed E-state index contributed by atoms with van der Waals surface area (Å²) < 4.78 is 10.7. The third kappa shape index (κ3) is 6.63. The molecule has 0 bridgehead atoms. The molecular weight excluding hydrogens is 445 g/mol. The van der Waals surface area contributed by atoms with Crippen molar-refractivity contribution in [3.8, 4) is 5.75 Å². The number of amides is 3. The van der Waals surface area contributed by atoms with E-state index in [-0.39, 0.29) is 43.1 Å². The Hall–Kier alpha value is -2.71. The number of hydrogen-bond acceptors (Lipinski definition) is 5. The van der Waals surface area contributed by atoms with E-state index in [0.29, 0.717) is 41.6 Å². The minimum Gasteiger partial charge on any atom is -0.492 e. The first-order chi connectivity index (χ1) is 14.9. The molecule has 1 aromatic heterocycles. The number of carbonyl (C=O) groups is 3. The first-order valence-corrected chi connectivity index (χ1v) is 10.7. The second kappa shape index (κ2) is 11.1. The normalized spacial score (nSPS) is 15.9. The lowest BCUT2D eigenvalue weighted by Crippen LogP contribution is -2.50. The molecule has 166 valence electrons. The summed E-state index contributed by atoms with van der Waals surface area (Å²) in [4.78, 5) is 38.4. The van der Waals surface area contributed by atoms with E-state index in [1.165, 1.54) is 6.26 Å². The highest BCUT2D eigenvalue weighted by Gasteiger charge is 2.30. The number of ether oxygens (including phenoxy) is 1. The maximum absolute atomic E-state index is 12.4. The predicted octanol–water partition coefficient (Wildman–Crippen LogP) is 3.45. The van der Waals surface area contributed by atoms with Crippen LogP contribution in [-0.2, 0) is 9.59 Å². The fourth-order valence-corrected chi connectivity index (χ4v) is 3.70. The Morgan fingerprint density at radius 2 is 2.03 bits per heavy atom. The van der Waals surface area contributed by atoms with E-state index < -0.39 is 5.92 Å². The van der Waals surface area contributed by atoms with Gasteiger partial charge in [0.05, 0.1) is 23.8 Å². The van der Waals surface area contributed by atoms with Crippen molar-refractivity contribution in [3.05, 3.63) is 52.4 Å². The number of nitrogens with one attached hydrogen (secondary N) is 2. The number of hydrazine groups is 1. The summed E-state index contributed by atoms with van der Waals surface area (Å²) in [5.41, 5.74) is 4.85. The van der Waals surface area contributed by atoms with E-state index in [1.807, 2.05) is 0 Å². The summed E-state index contributed by atoms with van der Waals surface area (Å²) in [6, 6.07) is 8.15. The highest BCUT2D eigenvalue weighted by molar-refractivity contribution is 6.35. The van der Waals surface area contributed by atoms with E-state index in [2.05, 4.69) is 10.9 Å². The molecule has 8 nitrogen and oxygen atoms in total. The number of piperidine rings is 1. The zero-order chi connectivity index (χ0) is 22.2. The number of halogens is 2. The molecule has 0 spiro atoms. The molecule has 2 N–H and O–H groups in total. The number of likely N-dealkylation sites (tertiary alicyclic amines) is 1. The van der Waals surface area contributed by atoms with Gasteiger partial charge in [-0.3, -0.25) is 25.2 Å². The maximum Gasteiger partial charge on any atom is 0.289 e. The molecule has 3 rings (SSSR count). The predicted molar refractivity (Wildman–Crippen MR) is 115 cm³/mol. The van der Waals surface area contributed by atoms with Crippen LogP contribution < -0.4 is 15.6 Å². The van der Waals surface area contributed by atoms with Crippen molar-refractivity contribution >= 4 is 40.9 Å². The van der Waals surface area contributed by atoms with Crippen LogP contribution in [-0.4, -0.2) is 42.3 Å². The molecule has 1 unspecified atom stereocenters. The summed E-state index contributed by atoms with van der Waals surface area (Å²) >= 11 is 11.9. The van der Waals surface area contributed by atoms with Crippen LogP contribution in [0.3, 0.4) is 0 Å². The largest absolute Gasteiger partial charge is 0.492 e. The van der Waals surface area contributed by atoms with Gasteiger partial charge >= 0.3 is 0 Å². The zero-order valence-corrected chi connectivity index (χ0v) is 18.2. The van der Waals surface area contributed by atoms with Gasteiger partial charge in [0.2, 0.25) is 11.8 Å². The molecule has 0 radical (unpaired) electrons. The van der Waals surface area contributed by atoms with Crippen LogP contribution >= 0.6 is 23.2 Å². The number of furan rings is 1. The standard InChI is InChI=1S/C21H23Cl2N3O5/c22-15-7-8-17(16(23)12-15)30-11-3-6-19(27)24-25-20(28)14-4-1-9-26(13-14)21(29)18-5-2-10-31-18/h2,5,7-8,10,12,14H,1,3-4,6,9,11,13H2,(H,24,27)(H,25,28). The molecule has 0 saturated carbocycles. The monoisotopic (exact) mass is 467 g/mol. The Labute approximate surface area is 189 Å². The molecule has 3 amide bonds. The SMILES string of the molecule is O=C(CCCOc1ccc(Cl)cc1Cl)NNC(=O)C1CCCN(C(=O)c2ccco2)C1. The van der Waals surface area contributed by atoms with Gasteiger partial charge in [-0.15, -0.1) is 0 Å². The lowest BCUT2D eigenvalue weighted by molar-refractivity contribution is -0.132. The molecule has 31 heavy (non-hydrogen) atoms. The molecule has 2 heterocycles. The second-order valence-corrected chi connectivity index (χ2v) is 7.98. The van der Waals surface area contributed by atoms with Gasteiger partial charge in [-0.1, -0.05) is 23.2 Å². The minimum atomic E-state index is -0.400. The van der Waals surface area contributed by atoms with Crippen molar-refractivity contribution in [2.45, 2.75) is 25.7 Å². The van der Waals surface area contributed by atoms with Crippen LogP contribution in [0.5, 0.6) is 5.75 Å². The highest BCUT2D eigenvalue weighted by atomic mass is 35.5. The van der Waals surface area contributed by atoms with Gasteiger partial charge in [-0.2, -0.15) is 0 Å². The topological polar surface area (TPSA) is 101 Å². The Balaban J connectivity index is 1.35. The number of rotatable bonds is 7. The lowest BCUT2D eigenvalue weighted by Gasteiger charge is -2.31. The van der Waals surface area contributed by atoms with Crippen molar-refractivity contribution in [1.29, 1.82) is 0 Å². The quantitative estimate of drug-likeness (QED) is 0.479. The summed E-state index contributed by atoms with van der Waals surface area (Å²) in [5, 5.41) is 0.912. The van der Waals surface area contributed by atoms with Crippen LogP contribution in [0.1, 0.15) is 36.2 Å². The maximum atomic E-state index is 12.4. The second-order valence-electron chi connectivity index (χ2n) is 7.13. The molecule has 0 aliphatic carbocycles. The lowest BCUT2D eigenvalue weighted by atomic mass is 9.97. The first kappa shape index (κ1) is 23.0. The molecule has 2 aromatic rings. The highest BCUT2D eigenvalue weighted by Crippen LogP contribution is 2.27. The van der Waals surface area contributed by atoms with Crippen molar-refractivity contribution in [2.75, 3.05) is 19.7 Å².